The maximum absolute atomic E-state index is 13.0. The van der Waals surface area contributed by atoms with Gasteiger partial charge in [0.2, 0.25) is 5.91 Å². The van der Waals surface area contributed by atoms with E-state index in [1.807, 2.05) is 13.8 Å². The molecular formula is C20H28N4O5S. The molecule has 1 aliphatic heterocycles. The van der Waals surface area contributed by atoms with Gasteiger partial charge in [-0.1, -0.05) is 0 Å². The number of anilines is 1. The van der Waals surface area contributed by atoms with E-state index in [-0.39, 0.29) is 17.5 Å². The number of nitrogens with one attached hydrogen (secondary N) is 1. The molecule has 10 heteroatoms. The molecule has 3 rings (SSSR count). The zero-order chi connectivity index (χ0) is 21.7. The third kappa shape index (κ3) is 4.93. The standard InChI is InChI=1S/C20H28N4O5S/c1-4-28-16-8-9-18(29-5-2)17(11-16)22-20(25)15-7-6-10-24(12-15)30(26,27)19-13-23(3)14-21-19/h8-9,11,13-15H,4-7,10,12H2,1-3H3,(H,22,25). The molecule has 0 aliphatic carbocycles. The van der Waals surface area contributed by atoms with Gasteiger partial charge in [-0.15, -0.1) is 0 Å². The summed E-state index contributed by atoms with van der Waals surface area (Å²) in [7, 11) is -2.02. The lowest BCUT2D eigenvalue weighted by Gasteiger charge is -2.30. The molecule has 1 aliphatic rings. The molecule has 2 aromatic rings. The Bertz CT molecular complexity index is 989. The SMILES string of the molecule is CCOc1ccc(OCC)c(NC(=O)C2CCCN(S(=O)(=O)c3cn(C)cn3)C2)c1. The molecule has 1 aromatic carbocycles. The Morgan fingerprint density at radius 2 is 2.03 bits per heavy atom. The summed E-state index contributed by atoms with van der Waals surface area (Å²) in [5.74, 6) is 0.454. The Hall–Kier alpha value is -2.59. The van der Waals surface area contributed by atoms with Crippen molar-refractivity contribution in [1.29, 1.82) is 0 Å². The van der Waals surface area contributed by atoms with Crippen LogP contribution >= 0.6 is 0 Å². The summed E-state index contributed by atoms with van der Waals surface area (Å²) in [4.78, 5) is 16.9. The maximum atomic E-state index is 13.0. The first-order valence-corrected chi connectivity index (χ1v) is 11.5. The predicted molar refractivity (Wildman–Crippen MR) is 112 cm³/mol. The van der Waals surface area contributed by atoms with Crippen molar-refractivity contribution in [2.24, 2.45) is 13.0 Å². The second-order valence-corrected chi connectivity index (χ2v) is 8.98. The van der Waals surface area contributed by atoms with Crippen LogP contribution < -0.4 is 14.8 Å². The van der Waals surface area contributed by atoms with Crippen molar-refractivity contribution < 1.29 is 22.7 Å². The van der Waals surface area contributed by atoms with Crippen LogP contribution in [-0.2, 0) is 21.9 Å². The summed E-state index contributed by atoms with van der Waals surface area (Å²) < 4.78 is 39.8. The highest BCUT2D eigenvalue weighted by molar-refractivity contribution is 7.89. The third-order valence-electron chi connectivity index (χ3n) is 4.86. The van der Waals surface area contributed by atoms with E-state index in [2.05, 4.69) is 10.3 Å². The fraction of sp³-hybridized carbons (Fsp3) is 0.500. The molecule has 1 N–H and O–H groups in total. The quantitative estimate of drug-likeness (QED) is 0.681. The number of imidazole rings is 1. The zero-order valence-electron chi connectivity index (χ0n) is 17.5. The summed E-state index contributed by atoms with van der Waals surface area (Å²) in [6, 6.07) is 5.26. The number of aryl methyl sites for hydroxylation is 1. The van der Waals surface area contributed by atoms with Gasteiger partial charge in [0.1, 0.15) is 11.5 Å². The highest BCUT2D eigenvalue weighted by Gasteiger charge is 2.34. The average Bonchev–Trinajstić information content (AvgIpc) is 3.17. The third-order valence-corrected chi connectivity index (χ3v) is 6.61. The van der Waals surface area contributed by atoms with Gasteiger partial charge < -0.3 is 19.4 Å². The highest BCUT2D eigenvalue weighted by Crippen LogP contribution is 2.31. The molecule has 1 fully saturated rings. The molecule has 0 bridgehead atoms. The van der Waals surface area contributed by atoms with E-state index in [0.29, 0.717) is 49.8 Å². The molecule has 2 heterocycles. The number of sulfonamides is 1. The number of nitrogens with zero attached hydrogens (tertiary/aromatic N) is 3. The van der Waals surface area contributed by atoms with Gasteiger partial charge in [0.15, 0.2) is 5.03 Å². The van der Waals surface area contributed by atoms with E-state index < -0.39 is 15.9 Å². The number of hydrogen-bond donors (Lipinski definition) is 1. The lowest BCUT2D eigenvalue weighted by molar-refractivity contribution is -0.120. The fourth-order valence-electron chi connectivity index (χ4n) is 3.41. The Labute approximate surface area is 177 Å². The first-order valence-electron chi connectivity index (χ1n) is 10.0. The van der Waals surface area contributed by atoms with Gasteiger partial charge in [-0.2, -0.15) is 4.31 Å². The summed E-state index contributed by atoms with van der Waals surface area (Å²) in [6.45, 7) is 5.18. The van der Waals surface area contributed by atoms with Crippen molar-refractivity contribution in [3.8, 4) is 11.5 Å². The van der Waals surface area contributed by atoms with E-state index in [1.165, 1.54) is 16.8 Å². The molecule has 30 heavy (non-hydrogen) atoms. The highest BCUT2D eigenvalue weighted by atomic mass is 32.2. The van der Waals surface area contributed by atoms with E-state index in [0.717, 1.165) is 0 Å². The summed E-state index contributed by atoms with van der Waals surface area (Å²) >= 11 is 0. The first-order chi connectivity index (χ1) is 14.3. The molecule has 1 amide bonds. The minimum absolute atomic E-state index is 0.00546. The number of benzene rings is 1. The topological polar surface area (TPSA) is 103 Å². The average molecular weight is 437 g/mol. The minimum Gasteiger partial charge on any atom is -0.494 e. The summed E-state index contributed by atoms with van der Waals surface area (Å²) in [5, 5.41) is 2.89. The van der Waals surface area contributed by atoms with Crippen molar-refractivity contribution in [1.82, 2.24) is 13.9 Å². The normalized spacial score (nSPS) is 17.5. The van der Waals surface area contributed by atoms with Gasteiger partial charge in [-0.3, -0.25) is 4.79 Å². The van der Waals surface area contributed by atoms with Crippen molar-refractivity contribution >= 4 is 21.6 Å². The predicted octanol–water partition coefficient (Wildman–Crippen LogP) is 2.26. The maximum Gasteiger partial charge on any atom is 0.262 e. The number of ether oxygens (including phenoxy) is 2. The van der Waals surface area contributed by atoms with Gasteiger partial charge in [0, 0.05) is 32.4 Å². The zero-order valence-corrected chi connectivity index (χ0v) is 18.3. The summed E-state index contributed by atoms with van der Waals surface area (Å²) in [6.07, 6.45) is 4.12. The van der Waals surface area contributed by atoms with Gasteiger partial charge in [-0.25, -0.2) is 13.4 Å². The molecule has 0 spiro atoms. The largest absolute Gasteiger partial charge is 0.494 e. The van der Waals surface area contributed by atoms with Gasteiger partial charge in [-0.05, 0) is 38.8 Å². The van der Waals surface area contributed by atoms with Gasteiger partial charge in [0.05, 0.1) is 31.1 Å². The van der Waals surface area contributed by atoms with Crippen LogP contribution in [0.3, 0.4) is 0 Å². The van der Waals surface area contributed by atoms with Crippen LogP contribution in [0.4, 0.5) is 5.69 Å². The number of amides is 1. The van der Waals surface area contributed by atoms with Crippen LogP contribution in [0.2, 0.25) is 0 Å². The molecule has 0 radical (unpaired) electrons. The molecule has 1 aromatic heterocycles. The Balaban J connectivity index is 1.75. The van der Waals surface area contributed by atoms with Crippen LogP contribution in [0, 0.1) is 5.92 Å². The van der Waals surface area contributed by atoms with Crippen LogP contribution in [0.1, 0.15) is 26.7 Å². The lowest BCUT2D eigenvalue weighted by Crippen LogP contribution is -2.43. The first kappa shape index (κ1) is 22.1. The summed E-state index contributed by atoms with van der Waals surface area (Å²) in [5.41, 5.74) is 0.512. The molecule has 1 saturated heterocycles. The molecule has 164 valence electrons. The van der Waals surface area contributed by atoms with Crippen LogP contribution in [-0.4, -0.2) is 54.5 Å². The smallest absolute Gasteiger partial charge is 0.262 e. The Kier molecular flexibility index (Phi) is 6.99. The number of rotatable bonds is 8. The Morgan fingerprint density at radius 1 is 1.27 bits per heavy atom. The van der Waals surface area contributed by atoms with Gasteiger partial charge >= 0.3 is 0 Å². The van der Waals surface area contributed by atoms with Crippen LogP contribution in [0.25, 0.3) is 0 Å². The van der Waals surface area contributed by atoms with Crippen LogP contribution in [0.15, 0.2) is 35.7 Å². The molecule has 1 unspecified atom stereocenters. The van der Waals surface area contributed by atoms with Gasteiger partial charge in [0.25, 0.3) is 10.0 Å². The van der Waals surface area contributed by atoms with Crippen LogP contribution in [0.5, 0.6) is 11.5 Å². The number of aromatic nitrogens is 2. The van der Waals surface area contributed by atoms with E-state index in [9.17, 15) is 13.2 Å². The van der Waals surface area contributed by atoms with Crippen molar-refractivity contribution in [3.05, 3.63) is 30.7 Å². The number of piperidine rings is 1. The van der Waals surface area contributed by atoms with Crippen molar-refractivity contribution in [2.75, 3.05) is 31.6 Å². The molecule has 0 saturated carbocycles. The minimum atomic E-state index is -3.73. The fourth-order valence-corrected chi connectivity index (χ4v) is 4.90. The number of carbonyl (C=O) groups is 1. The molecular weight excluding hydrogens is 408 g/mol. The second kappa shape index (κ2) is 9.48. The molecule has 1 atom stereocenters. The Morgan fingerprint density at radius 3 is 2.70 bits per heavy atom. The van der Waals surface area contributed by atoms with Crippen molar-refractivity contribution in [3.63, 3.8) is 0 Å². The molecule has 9 nitrogen and oxygen atoms in total. The van der Waals surface area contributed by atoms with E-state index >= 15 is 0 Å². The lowest BCUT2D eigenvalue weighted by atomic mass is 9.98. The number of carbonyl (C=O) groups excluding carboxylic acids is 1. The van der Waals surface area contributed by atoms with E-state index in [1.54, 1.807) is 29.8 Å². The monoisotopic (exact) mass is 436 g/mol. The van der Waals surface area contributed by atoms with E-state index in [4.69, 9.17) is 9.47 Å². The second-order valence-electron chi connectivity index (χ2n) is 7.09. The van der Waals surface area contributed by atoms with Crippen molar-refractivity contribution in [2.45, 2.75) is 31.7 Å². The number of hydrogen-bond acceptors (Lipinski definition) is 6.